The highest BCUT2D eigenvalue weighted by atomic mass is 35.5. The molecule has 1 aromatic carbocycles. The zero-order valence-corrected chi connectivity index (χ0v) is 20.4. The fraction of sp³-hybridized carbons (Fsp3) is 0.417. The van der Waals surface area contributed by atoms with Crippen LogP contribution in [-0.4, -0.2) is 34.4 Å². The number of aromatic nitrogens is 2. The summed E-state index contributed by atoms with van der Waals surface area (Å²) in [6.07, 6.45) is 8.03. The molecule has 0 spiro atoms. The lowest BCUT2D eigenvalue weighted by atomic mass is 9.79. The molecule has 2 N–H and O–H groups in total. The molecule has 2 aliphatic heterocycles. The van der Waals surface area contributed by atoms with Crippen LogP contribution in [0.5, 0.6) is 0 Å². The summed E-state index contributed by atoms with van der Waals surface area (Å²) in [5.74, 6) is 0. The molecule has 2 aliphatic rings. The molecule has 7 heteroatoms. The minimum absolute atomic E-state index is 0.0802. The van der Waals surface area contributed by atoms with E-state index in [2.05, 4.69) is 73.1 Å². The average molecular weight is 456 g/mol. The third kappa shape index (κ3) is 4.86. The fourth-order valence-corrected chi connectivity index (χ4v) is 5.91. The summed E-state index contributed by atoms with van der Waals surface area (Å²) in [6, 6.07) is 6.47. The first-order valence-electron chi connectivity index (χ1n) is 10.5. The van der Waals surface area contributed by atoms with Crippen molar-refractivity contribution < 1.29 is 0 Å². The number of rotatable bonds is 4. The van der Waals surface area contributed by atoms with E-state index in [9.17, 15) is 0 Å². The van der Waals surface area contributed by atoms with Gasteiger partial charge in [0.2, 0.25) is 5.13 Å². The topological polar surface area (TPSA) is 53.1 Å². The highest BCUT2D eigenvalue weighted by molar-refractivity contribution is 7.18. The van der Waals surface area contributed by atoms with E-state index in [0.717, 1.165) is 45.4 Å². The molecular formula is C24H30ClN5S. The fourth-order valence-electron chi connectivity index (χ4n) is 4.67. The van der Waals surface area contributed by atoms with Crippen LogP contribution in [-0.2, 0) is 0 Å². The standard InChI is InChI=1S/C24H30ClN5S/c1-15-7-8-17(14-26-15)16-9-10-19(20(25)11-16)21-27-28-22(31-21)30(6)18-12-23(2,3)29-24(4,5)13-18/h7-11,14,18,26,29H,1,12-13H2,2-6H3. The number of anilines is 1. The quantitative estimate of drug-likeness (QED) is 0.626. The van der Waals surface area contributed by atoms with Gasteiger partial charge in [-0.25, -0.2) is 0 Å². The molecule has 164 valence electrons. The number of dihydropyridines is 1. The molecule has 0 amide bonds. The van der Waals surface area contributed by atoms with Crippen molar-refractivity contribution in [2.45, 2.75) is 57.7 Å². The van der Waals surface area contributed by atoms with Crippen LogP contribution in [0.15, 0.2) is 48.8 Å². The maximum absolute atomic E-state index is 6.65. The molecule has 0 radical (unpaired) electrons. The Morgan fingerprint density at radius 2 is 1.84 bits per heavy atom. The Hall–Kier alpha value is -2.15. The molecule has 0 atom stereocenters. The van der Waals surface area contributed by atoms with Crippen molar-refractivity contribution in [1.82, 2.24) is 20.8 Å². The van der Waals surface area contributed by atoms with Gasteiger partial charge in [-0.3, -0.25) is 0 Å². The van der Waals surface area contributed by atoms with Gasteiger partial charge < -0.3 is 15.5 Å². The maximum Gasteiger partial charge on any atom is 0.208 e. The summed E-state index contributed by atoms with van der Waals surface area (Å²) < 4.78 is 0. The van der Waals surface area contributed by atoms with E-state index < -0.39 is 0 Å². The number of nitrogens with one attached hydrogen (secondary N) is 2. The number of allylic oxidation sites excluding steroid dienone is 3. The minimum atomic E-state index is 0.0802. The van der Waals surface area contributed by atoms with E-state index in [1.165, 1.54) is 0 Å². The first kappa shape index (κ1) is 22.1. The van der Waals surface area contributed by atoms with Crippen molar-refractivity contribution in [3.63, 3.8) is 0 Å². The van der Waals surface area contributed by atoms with Gasteiger partial charge in [0.1, 0.15) is 0 Å². The molecule has 1 saturated heterocycles. The third-order valence-corrected chi connectivity index (χ3v) is 7.20. The van der Waals surface area contributed by atoms with E-state index >= 15 is 0 Å². The van der Waals surface area contributed by atoms with Gasteiger partial charge in [0, 0.05) is 41.6 Å². The van der Waals surface area contributed by atoms with Crippen LogP contribution in [0.4, 0.5) is 5.13 Å². The Labute approximate surface area is 193 Å². The molecule has 0 aliphatic carbocycles. The Balaban J connectivity index is 1.55. The van der Waals surface area contributed by atoms with E-state index in [0.29, 0.717) is 11.1 Å². The van der Waals surface area contributed by atoms with Crippen LogP contribution in [0.1, 0.15) is 46.1 Å². The van der Waals surface area contributed by atoms with Crippen LogP contribution >= 0.6 is 22.9 Å². The molecule has 0 bridgehead atoms. The number of halogens is 1. The van der Waals surface area contributed by atoms with Crippen LogP contribution in [0, 0.1) is 0 Å². The van der Waals surface area contributed by atoms with Gasteiger partial charge in [-0.05, 0) is 69.9 Å². The summed E-state index contributed by atoms with van der Waals surface area (Å²) in [7, 11) is 2.12. The average Bonchev–Trinajstić information content (AvgIpc) is 3.15. The lowest BCUT2D eigenvalue weighted by Crippen LogP contribution is -2.61. The first-order chi connectivity index (χ1) is 14.5. The number of nitrogens with zero attached hydrogens (tertiary/aromatic N) is 3. The smallest absolute Gasteiger partial charge is 0.208 e. The zero-order chi connectivity index (χ0) is 22.4. The van der Waals surface area contributed by atoms with Crippen molar-refractivity contribution >= 4 is 33.6 Å². The van der Waals surface area contributed by atoms with Crippen molar-refractivity contribution in [3.8, 4) is 10.6 Å². The third-order valence-electron chi connectivity index (χ3n) is 5.84. The number of hydrogen-bond acceptors (Lipinski definition) is 6. The minimum Gasteiger partial charge on any atom is -0.362 e. The largest absolute Gasteiger partial charge is 0.362 e. The van der Waals surface area contributed by atoms with Crippen molar-refractivity contribution in [3.05, 3.63) is 59.4 Å². The molecular weight excluding hydrogens is 426 g/mol. The van der Waals surface area contributed by atoms with Gasteiger partial charge in [-0.15, -0.1) is 10.2 Å². The van der Waals surface area contributed by atoms with Crippen LogP contribution in [0.3, 0.4) is 0 Å². The van der Waals surface area contributed by atoms with Crippen LogP contribution in [0.2, 0.25) is 5.02 Å². The van der Waals surface area contributed by atoms with Crippen molar-refractivity contribution in [1.29, 1.82) is 0 Å². The molecule has 1 fully saturated rings. The second-order valence-electron chi connectivity index (χ2n) is 9.75. The Morgan fingerprint density at radius 1 is 1.13 bits per heavy atom. The van der Waals surface area contributed by atoms with Gasteiger partial charge in [0.05, 0.1) is 5.02 Å². The lowest BCUT2D eigenvalue weighted by molar-refractivity contribution is 0.161. The second kappa shape index (κ2) is 8.08. The van der Waals surface area contributed by atoms with Gasteiger partial charge in [0.25, 0.3) is 0 Å². The van der Waals surface area contributed by atoms with Crippen LogP contribution in [0.25, 0.3) is 16.1 Å². The molecule has 2 aromatic rings. The van der Waals surface area contributed by atoms with Gasteiger partial charge >= 0.3 is 0 Å². The second-order valence-corrected chi connectivity index (χ2v) is 11.1. The summed E-state index contributed by atoms with van der Waals surface area (Å²) in [4.78, 5) is 2.28. The number of hydrogen-bond donors (Lipinski definition) is 2. The lowest BCUT2D eigenvalue weighted by Gasteiger charge is -2.48. The molecule has 4 rings (SSSR count). The normalized spacial score (nSPS) is 20.3. The summed E-state index contributed by atoms with van der Waals surface area (Å²) >= 11 is 8.24. The molecule has 0 unspecified atom stereocenters. The predicted octanol–water partition coefficient (Wildman–Crippen LogP) is 5.62. The molecule has 5 nitrogen and oxygen atoms in total. The monoisotopic (exact) mass is 455 g/mol. The molecule has 31 heavy (non-hydrogen) atoms. The molecule has 3 heterocycles. The van der Waals surface area contributed by atoms with E-state index in [-0.39, 0.29) is 11.1 Å². The SMILES string of the molecule is C=C1C=CC(c2ccc(-c3nnc(N(C)C4CC(C)(C)NC(C)(C)C4)s3)c(Cl)c2)=CN1. The van der Waals surface area contributed by atoms with Crippen molar-refractivity contribution in [2.75, 3.05) is 11.9 Å². The Morgan fingerprint density at radius 3 is 2.45 bits per heavy atom. The Bertz CT molecular complexity index is 1050. The molecule has 1 aromatic heterocycles. The van der Waals surface area contributed by atoms with Crippen molar-refractivity contribution in [2.24, 2.45) is 0 Å². The maximum atomic E-state index is 6.65. The van der Waals surface area contributed by atoms with E-state index in [1.54, 1.807) is 11.3 Å². The predicted molar refractivity (Wildman–Crippen MR) is 132 cm³/mol. The van der Waals surface area contributed by atoms with Gasteiger partial charge in [-0.1, -0.05) is 41.7 Å². The number of piperidine rings is 1. The van der Waals surface area contributed by atoms with E-state index in [1.807, 2.05) is 30.5 Å². The van der Waals surface area contributed by atoms with Gasteiger partial charge in [-0.2, -0.15) is 0 Å². The van der Waals surface area contributed by atoms with Gasteiger partial charge in [0.15, 0.2) is 5.01 Å². The highest BCUT2D eigenvalue weighted by Gasteiger charge is 2.39. The summed E-state index contributed by atoms with van der Waals surface area (Å²) in [5, 5.41) is 18.3. The van der Waals surface area contributed by atoms with E-state index in [4.69, 9.17) is 11.6 Å². The van der Waals surface area contributed by atoms with Crippen LogP contribution < -0.4 is 15.5 Å². The number of benzene rings is 1. The zero-order valence-electron chi connectivity index (χ0n) is 18.8. The summed E-state index contributed by atoms with van der Waals surface area (Å²) in [6.45, 7) is 13.0. The molecule has 0 saturated carbocycles. The highest BCUT2D eigenvalue weighted by Crippen LogP contribution is 2.38. The Kier molecular flexibility index (Phi) is 5.75. The summed E-state index contributed by atoms with van der Waals surface area (Å²) in [5.41, 5.74) is 4.05. The first-order valence-corrected chi connectivity index (χ1v) is 11.7.